The average Bonchev–Trinajstić information content (AvgIpc) is 2.45. The molecule has 0 amide bonds. The Kier molecular flexibility index (Phi) is 3.68. The predicted octanol–water partition coefficient (Wildman–Crippen LogP) is 3.75. The number of benzene rings is 1. The van der Waals surface area contributed by atoms with Crippen molar-refractivity contribution >= 4 is 11.5 Å². The molecule has 0 aromatic heterocycles. The summed E-state index contributed by atoms with van der Waals surface area (Å²) in [6.45, 7) is 5.96. The number of nitrogens with one attached hydrogen (secondary N) is 1. The van der Waals surface area contributed by atoms with Gasteiger partial charge in [-0.05, 0) is 43.2 Å². The molecular formula is C17H23NO2. The van der Waals surface area contributed by atoms with Crippen LogP contribution in [0, 0.1) is 17.8 Å². The van der Waals surface area contributed by atoms with Crippen LogP contribution in [0.4, 0.5) is 5.69 Å². The highest BCUT2D eigenvalue weighted by molar-refractivity contribution is 6.02. The van der Waals surface area contributed by atoms with E-state index in [2.05, 4.69) is 19.2 Å². The molecule has 2 aliphatic rings. The van der Waals surface area contributed by atoms with Crippen LogP contribution in [0.25, 0.3) is 0 Å². The fourth-order valence-corrected chi connectivity index (χ4v) is 3.75. The molecule has 1 aromatic rings. The van der Waals surface area contributed by atoms with E-state index in [0.717, 1.165) is 36.4 Å². The number of anilines is 1. The predicted molar refractivity (Wildman–Crippen MR) is 80.4 cm³/mol. The summed E-state index contributed by atoms with van der Waals surface area (Å²) in [5.41, 5.74) is 1.72. The molecule has 20 heavy (non-hydrogen) atoms. The third-order valence-electron chi connectivity index (χ3n) is 4.49. The minimum atomic E-state index is 0.158. The molecule has 1 aromatic carbocycles. The van der Waals surface area contributed by atoms with E-state index in [4.69, 9.17) is 4.74 Å². The topological polar surface area (TPSA) is 38.3 Å². The molecule has 108 valence electrons. The molecule has 2 unspecified atom stereocenters. The lowest BCUT2D eigenvalue weighted by molar-refractivity contribution is 0.0832. The Balaban J connectivity index is 1.87. The molecule has 2 atom stereocenters. The van der Waals surface area contributed by atoms with Crippen molar-refractivity contribution in [3.63, 3.8) is 0 Å². The number of Topliss-reactive ketones (excluding diaryl/α,β-unsaturated/α-hetero) is 1. The van der Waals surface area contributed by atoms with Crippen LogP contribution in [0.5, 0.6) is 5.75 Å². The fraction of sp³-hybridized carbons (Fsp3) is 0.588. The van der Waals surface area contributed by atoms with Crippen molar-refractivity contribution in [2.24, 2.45) is 17.8 Å². The Hall–Kier alpha value is -1.51. The molecule has 0 radical (unpaired) electrons. The molecule has 1 aliphatic carbocycles. The summed E-state index contributed by atoms with van der Waals surface area (Å²) >= 11 is 0. The van der Waals surface area contributed by atoms with Gasteiger partial charge in [0.1, 0.15) is 6.61 Å². The van der Waals surface area contributed by atoms with Gasteiger partial charge in [-0.25, -0.2) is 0 Å². The second-order valence-corrected chi connectivity index (χ2v) is 6.44. The van der Waals surface area contributed by atoms with E-state index in [9.17, 15) is 4.79 Å². The lowest BCUT2D eigenvalue weighted by atomic mass is 9.74. The zero-order valence-electron chi connectivity index (χ0n) is 12.3. The highest BCUT2D eigenvalue weighted by Crippen LogP contribution is 2.38. The van der Waals surface area contributed by atoms with Gasteiger partial charge in [-0.1, -0.05) is 19.9 Å². The van der Waals surface area contributed by atoms with E-state index in [1.165, 1.54) is 6.42 Å². The monoisotopic (exact) mass is 273 g/mol. The summed E-state index contributed by atoms with van der Waals surface area (Å²) in [6.07, 6.45) is 3.27. The molecule has 1 heterocycles. The Bertz CT molecular complexity index is 502. The van der Waals surface area contributed by atoms with Crippen LogP contribution in [0.3, 0.4) is 0 Å². The van der Waals surface area contributed by atoms with Crippen LogP contribution in [0.15, 0.2) is 18.2 Å². The Morgan fingerprint density at radius 1 is 1.20 bits per heavy atom. The van der Waals surface area contributed by atoms with E-state index >= 15 is 0 Å². The minimum Gasteiger partial charge on any atom is -0.489 e. The molecule has 3 heteroatoms. The van der Waals surface area contributed by atoms with Gasteiger partial charge in [0, 0.05) is 12.5 Å². The van der Waals surface area contributed by atoms with Crippen LogP contribution >= 0.6 is 0 Å². The van der Waals surface area contributed by atoms with Crippen LogP contribution in [0.2, 0.25) is 0 Å². The van der Waals surface area contributed by atoms with Gasteiger partial charge >= 0.3 is 0 Å². The van der Waals surface area contributed by atoms with Crippen molar-refractivity contribution in [3.05, 3.63) is 23.8 Å². The van der Waals surface area contributed by atoms with Crippen LogP contribution < -0.4 is 10.1 Å². The first-order chi connectivity index (χ1) is 9.65. The number of para-hydroxylation sites is 1. The van der Waals surface area contributed by atoms with E-state index in [0.29, 0.717) is 18.4 Å². The second-order valence-electron chi connectivity index (χ2n) is 6.44. The average molecular weight is 273 g/mol. The van der Waals surface area contributed by atoms with Crippen LogP contribution in [-0.2, 0) is 0 Å². The maximum absolute atomic E-state index is 12.9. The van der Waals surface area contributed by atoms with Crippen molar-refractivity contribution in [2.75, 3.05) is 18.5 Å². The maximum atomic E-state index is 12.9. The molecule has 3 rings (SSSR count). The molecular weight excluding hydrogens is 250 g/mol. The van der Waals surface area contributed by atoms with E-state index in [1.54, 1.807) is 0 Å². The van der Waals surface area contributed by atoms with Gasteiger partial charge in [-0.3, -0.25) is 4.79 Å². The van der Waals surface area contributed by atoms with Crippen molar-refractivity contribution < 1.29 is 9.53 Å². The van der Waals surface area contributed by atoms with Gasteiger partial charge in [0.25, 0.3) is 0 Å². The number of ether oxygens (including phenoxy) is 1. The highest BCUT2D eigenvalue weighted by Gasteiger charge is 2.31. The maximum Gasteiger partial charge on any atom is 0.169 e. The number of carbonyl (C=O) groups is 1. The first-order valence-electron chi connectivity index (χ1n) is 7.69. The Labute approximate surface area is 120 Å². The van der Waals surface area contributed by atoms with Gasteiger partial charge in [0.2, 0.25) is 0 Å². The number of carbonyl (C=O) groups excluding carboxylic acids is 1. The fourth-order valence-electron chi connectivity index (χ4n) is 3.75. The van der Waals surface area contributed by atoms with Gasteiger partial charge in [0.05, 0.1) is 11.3 Å². The summed E-state index contributed by atoms with van der Waals surface area (Å²) in [6, 6.07) is 5.85. The molecule has 0 saturated heterocycles. The quantitative estimate of drug-likeness (QED) is 0.834. The minimum absolute atomic E-state index is 0.158. The second kappa shape index (κ2) is 5.47. The summed E-state index contributed by atoms with van der Waals surface area (Å²) < 4.78 is 5.74. The van der Waals surface area contributed by atoms with Crippen LogP contribution in [-0.4, -0.2) is 18.9 Å². The van der Waals surface area contributed by atoms with Gasteiger partial charge in [-0.2, -0.15) is 0 Å². The van der Waals surface area contributed by atoms with Crippen molar-refractivity contribution in [1.82, 2.24) is 0 Å². The van der Waals surface area contributed by atoms with E-state index < -0.39 is 0 Å². The summed E-state index contributed by atoms with van der Waals surface area (Å²) in [7, 11) is 0. The van der Waals surface area contributed by atoms with Crippen LogP contribution in [0.1, 0.15) is 43.5 Å². The van der Waals surface area contributed by atoms with Crippen molar-refractivity contribution in [1.29, 1.82) is 0 Å². The van der Waals surface area contributed by atoms with Gasteiger partial charge in [0.15, 0.2) is 11.5 Å². The third-order valence-corrected chi connectivity index (χ3v) is 4.49. The molecule has 1 N–H and O–H groups in total. The Morgan fingerprint density at radius 3 is 2.70 bits per heavy atom. The van der Waals surface area contributed by atoms with E-state index in [-0.39, 0.29) is 11.7 Å². The molecule has 0 spiro atoms. The molecule has 1 saturated carbocycles. The summed E-state index contributed by atoms with van der Waals surface area (Å²) in [4.78, 5) is 12.9. The lowest BCUT2D eigenvalue weighted by Crippen LogP contribution is -2.27. The number of hydrogen-bond acceptors (Lipinski definition) is 3. The largest absolute Gasteiger partial charge is 0.489 e. The summed E-state index contributed by atoms with van der Waals surface area (Å²) in [5.74, 6) is 2.47. The van der Waals surface area contributed by atoms with Crippen molar-refractivity contribution in [3.8, 4) is 5.75 Å². The van der Waals surface area contributed by atoms with Gasteiger partial charge < -0.3 is 10.1 Å². The number of fused-ring (bicyclic) bond motifs is 1. The standard InChI is InChI=1S/C17H23NO2/c1-11-8-12(2)10-13(9-11)16(19)14-4-3-5-15-17(14)20-7-6-18-15/h3-5,11-13,18H,6-10H2,1-2H3. The SMILES string of the molecule is CC1CC(C)CC(C(=O)c2cccc3c2OCCN3)C1. The zero-order chi connectivity index (χ0) is 14.1. The molecule has 3 nitrogen and oxygen atoms in total. The van der Waals surface area contributed by atoms with Gasteiger partial charge in [-0.15, -0.1) is 0 Å². The highest BCUT2D eigenvalue weighted by atomic mass is 16.5. The lowest BCUT2D eigenvalue weighted by Gasteiger charge is -2.31. The first-order valence-corrected chi connectivity index (χ1v) is 7.69. The number of rotatable bonds is 2. The molecule has 1 aliphatic heterocycles. The third kappa shape index (κ3) is 2.54. The smallest absolute Gasteiger partial charge is 0.169 e. The number of ketones is 1. The molecule has 1 fully saturated rings. The normalized spacial score (nSPS) is 29.0. The zero-order valence-corrected chi connectivity index (χ0v) is 12.3. The number of hydrogen-bond donors (Lipinski definition) is 1. The van der Waals surface area contributed by atoms with Crippen molar-refractivity contribution in [2.45, 2.75) is 33.1 Å². The first kappa shape index (κ1) is 13.5. The Morgan fingerprint density at radius 2 is 1.95 bits per heavy atom. The van der Waals surface area contributed by atoms with E-state index in [1.807, 2.05) is 18.2 Å². The summed E-state index contributed by atoms with van der Waals surface area (Å²) in [5, 5.41) is 3.30. The molecule has 0 bridgehead atoms.